The van der Waals surface area contributed by atoms with E-state index in [4.69, 9.17) is 17.3 Å². The maximum Gasteiger partial charge on any atom is 0.269 e. The molecule has 0 spiro atoms. The number of nitrogens with one attached hydrogen (secondary N) is 3. The zero-order valence-electron chi connectivity index (χ0n) is 12.5. The Balaban J connectivity index is 1.92. The van der Waals surface area contributed by atoms with Crippen LogP contribution in [0.3, 0.4) is 0 Å². The molecule has 1 aromatic heterocycles. The lowest BCUT2D eigenvalue weighted by molar-refractivity contribution is -0.121. The van der Waals surface area contributed by atoms with Gasteiger partial charge in [0.1, 0.15) is 5.82 Å². The summed E-state index contributed by atoms with van der Waals surface area (Å²) in [6, 6.07) is 7.43. The second-order valence-corrected chi connectivity index (χ2v) is 6.46. The summed E-state index contributed by atoms with van der Waals surface area (Å²) < 4.78 is 0. The highest BCUT2D eigenvalue weighted by atomic mass is 35.5. The summed E-state index contributed by atoms with van der Waals surface area (Å²) in [5.41, 5.74) is 9.96. The third-order valence-electron chi connectivity index (χ3n) is 2.78. The molecule has 0 saturated carbocycles. The van der Waals surface area contributed by atoms with Crippen molar-refractivity contribution in [2.75, 3.05) is 5.73 Å². The van der Waals surface area contributed by atoms with Crippen LogP contribution in [0, 0.1) is 0 Å². The van der Waals surface area contributed by atoms with Crippen molar-refractivity contribution in [1.29, 1.82) is 0 Å². The first kappa shape index (κ1) is 17.8. The fourth-order valence-corrected chi connectivity index (χ4v) is 2.66. The monoisotopic (exact) mass is 367 g/mol. The molecule has 24 heavy (non-hydrogen) atoms. The van der Waals surface area contributed by atoms with Gasteiger partial charge in [0.05, 0.1) is 5.25 Å². The Morgan fingerprint density at radius 2 is 2.08 bits per heavy atom. The molecule has 1 unspecified atom stereocenters. The zero-order valence-corrected chi connectivity index (χ0v) is 14.1. The lowest BCUT2D eigenvalue weighted by atomic mass is 10.2. The van der Waals surface area contributed by atoms with Gasteiger partial charge in [0.25, 0.3) is 17.4 Å². The first-order valence-electron chi connectivity index (χ1n) is 6.74. The summed E-state index contributed by atoms with van der Waals surface area (Å²) in [5, 5.41) is -0.00646. The Morgan fingerprint density at radius 3 is 2.75 bits per heavy atom. The Labute approximate surface area is 146 Å². The Hall–Kier alpha value is -2.52. The van der Waals surface area contributed by atoms with Gasteiger partial charge >= 0.3 is 0 Å². The van der Waals surface area contributed by atoms with Crippen LogP contribution in [0.4, 0.5) is 5.82 Å². The van der Waals surface area contributed by atoms with E-state index in [0.717, 1.165) is 17.8 Å². The predicted octanol–water partition coefficient (Wildman–Crippen LogP) is 0.947. The number of anilines is 1. The van der Waals surface area contributed by atoms with Crippen LogP contribution in [0.2, 0.25) is 5.02 Å². The molecular weight excluding hydrogens is 354 g/mol. The minimum atomic E-state index is -0.630. The Kier molecular flexibility index (Phi) is 5.83. The standard InChI is InChI=1S/C14H14ClN5O3S/c1-7(24-14-17-10(16)6-11(21)18-14)12(22)19-20-13(23)8-3-2-4-9(15)5-8/h2-7H,1H3,(H,19,22)(H,20,23)(H3,16,17,18,21). The first-order valence-corrected chi connectivity index (χ1v) is 8.00. The first-order chi connectivity index (χ1) is 11.3. The summed E-state index contributed by atoms with van der Waals surface area (Å²) in [5.74, 6) is -0.915. The molecule has 1 heterocycles. The third-order valence-corrected chi connectivity index (χ3v) is 4.00. The largest absolute Gasteiger partial charge is 0.383 e. The van der Waals surface area contributed by atoms with Gasteiger partial charge in [0, 0.05) is 16.7 Å². The van der Waals surface area contributed by atoms with Gasteiger partial charge in [-0.25, -0.2) is 4.98 Å². The molecule has 8 nitrogen and oxygen atoms in total. The summed E-state index contributed by atoms with van der Waals surface area (Å²) in [6.07, 6.45) is 0. The molecule has 10 heteroatoms. The van der Waals surface area contributed by atoms with Crippen LogP contribution in [0.1, 0.15) is 17.3 Å². The second-order valence-electron chi connectivity index (χ2n) is 4.69. The lowest BCUT2D eigenvalue weighted by Gasteiger charge is -2.12. The number of hydrogen-bond donors (Lipinski definition) is 4. The van der Waals surface area contributed by atoms with Crippen molar-refractivity contribution in [3.05, 3.63) is 51.3 Å². The number of nitrogens with zero attached hydrogens (tertiary/aromatic N) is 1. The van der Waals surface area contributed by atoms with E-state index < -0.39 is 22.6 Å². The van der Waals surface area contributed by atoms with E-state index in [9.17, 15) is 14.4 Å². The Bertz CT molecular complexity index is 826. The molecule has 126 valence electrons. The molecule has 2 rings (SSSR count). The van der Waals surface area contributed by atoms with Crippen LogP contribution >= 0.6 is 23.4 Å². The molecular formula is C14H14ClN5O3S. The van der Waals surface area contributed by atoms with Gasteiger partial charge in [-0.2, -0.15) is 0 Å². The van der Waals surface area contributed by atoms with Crippen LogP contribution in [0.5, 0.6) is 0 Å². The highest BCUT2D eigenvalue weighted by molar-refractivity contribution is 8.00. The van der Waals surface area contributed by atoms with E-state index in [1.54, 1.807) is 25.1 Å². The van der Waals surface area contributed by atoms with Crippen molar-refractivity contribution >= 4 is 41.0 Å². The average molecular weight is 368 g/mol. The molecule has 2 amide bonds. The van der Waals surface area contributed by atoms with Crippen molar-refractivity contribution in [2.24, 2.45) is 0 Å². The molecule has 0 aliphatic rings. The summed E-state index contributed by atoms with van der Waals surface area (Å²) in [4.78, 5) is 41.6. The van der Waals surface area contributed by atoms with Crippen molar-refractivity contribution in [3.63, 3.8) is 0 Å². The van der Waals surface area contributed by atoms with Gasteiger partial charge in [-0.15, -0.1) is 0 Å². The van der Waals surface area contributed by atoms with E-state index in [-0.39, 0.29) is 11.0 Å². The van der Waals surface area contributed by atoms with Gasteiger partial charge in [-0.3, -0.25) is 25.2 Å². The maximum atomic E-state index is 12.0. The van der Waals surface area contributed by atoms with Gasteiger partial charge in [-0.05, 0) is 25.1 Å². The molecule has 1 atom stereocenters. The van der Waals surface area contributed by atoms with Crippen LogP contribution in [0.25, 0.3) is 0 Å². The number of H-pyrrole nitrogens is 1. The van der Waals surface area contributed by atoms with E-state index in [0.29, 0.717) is 10.6 Å². The molecule has 0 fully saturated rings. The number of aromatic nitrogens is 2. The molecule has 0 aliphatic carbocycles. The van der Waals surface area contributed by atoms with Crippen LogP contribution in [0.15, 0.2) is 40.3 Å². The third kappa shape index (κ3) is 5.00. The molecule has 5 N–H and O–H groups in total. The second kappa shape index (κ2) is 7.84. The highest BCUT2D eigenvalue weighted by Gasteiger charge is 2.17. The number of nitrogens with two attached hydrogens (primary N) is 1. The average Bonchev–Trinajstić information content (AvgIpc) is 2.51. The summed E-state index contributed by atoms with van der Waals surface area (Å²) in [7, 11) is 0. The highest BCUT2D eigenvalue weighted by Crippen LogP contribution is 2.18. The fraction of sp³-hybridized carbons (Fsp3) is 0.143. The maximum absolute atomic E-state index is 12.0. The SMILES string of the molecule is CC(Sc1nc(N)cc(=O)[nH]1)C(=O)NNC(=O)c1cccc(Cl)c1. The number of thioether (sulfide) groups is 1. The summed E-state index contributed by atoms with van der Waals surface area (Å²) >= 11 is 6.80. The van der Waals surface area contributed by atoms with Crippen molar-refractivity contribution < 1.29 is 9.59 Å². The number of carbonyl (C=O) groups is 2. The van der Waals surface area contributed by atoms with E-state index in [1.165, 1.54) is 6.07 Å². The number of rotatable bonds is 4. The number of carbonyl (C=O) groups excluding carboxylic acids is 2. The van der Waals surface area contributed by atoms with Crippen LogP contribution in [-0.4, -0.2) is 27.0 Å². The molecule has 2 aromatic rings. The lowest BCUT2D eigenvalue weighted by Crippen LogP contribution is -2.45. The molecule has 0 bridgehead atoms. The van der Waals surface area contributed by atoms with Gasteiger partial charge in [-0.1, -0.05) is 29.4 Å². The number of aromatic amines is 1. The van der Waals surface area contributed by atoms with E-state index in [2.05, 4.69) is 20.8 Å². The molecule has 0 saturated heterocycles. The normalized spacial score (nSPS) is 11.6. The number of nitrogen functional groups attached to an aromatic ring is 1. The summed E-state index contributed by atoms with van der Waals surface area (Å²) in [6.45, 7) is 1.59. The van der Waals surface area contributed by atoms with Gasteiger partial charge < -0.3 is 10.7 Å². The number of hydrazine groups is 1. The van der Waals surface area contributed by atoms with Crippen molar-refractivity contribution in [2.45, 2.75) is 17.3 Å². The van der Waals surface area contributed by atoms with Gasteiger partial charge in [0.15, 0.2) is 5.16 Å². The quantitative estimate of drug-likeness (QED) is 0.361. The zero-order chi connectivity index (χ0) is 17.7. The van der Waals surface area contributed by atoms with Crippen molar-refractivity contribution in [3.8, 4) is 0 Å². The molecule has 0 radical (unpaired) electrons. The van der Waals surface area contributed by atoms with E-state index >= 15 is 0 Å². The Morgan fingerprint density at radius 1 is 1.33 bits per heavy atom. The van der Waals surface area contributed by atoms with Crippen LogP contribution < -0.4 is 22.1 Å². The number of benzene rings is 1. The minimum absolute atomic E-state index is 0.0584. The van der Waals surface area contributed by atoms with Crippen molar-refractivity contribution in [1.82, 2.24) is 20.8 Å². The molecule has 1 aromatic carbocycles. The fourth-order valence-electron chi connectivity index (χ4n) is 1.65. The number of hydrogen-bond acceptors (Lipinski definition) is 6. The smallest absolute Gasteiger partial charge is 0.269 e. The topological polar surface area (TPSA) is 130 Å². The van der Waals surface area contributed by atoms with E-state index in [1.807, 2.05) is 0 Å². The minimum Gasteiger partial charge on any atom is -0.383 e. The molecule has 0 aliphatic heterocycles. The van der Waals surface area contributed by atoms with Crippen LogP contribution in [-0.2, 0) is 4.79 Å². The number of amides is 2. The van der Waals surface area contributed by atoms with Gasteiger partial charge in [0.2, 0.25) is 0 Å². The number of halogens is 1. The predicted molar refractivity (Wildman–Crippen MR) is 91.6 cm³/mol.